The molecule has 3 amide bonds. The van der Waals surface area contributed by atoms with E-state index >= 15 is 0 Å². The monoisotopic (exact) mass is 1830 g/mol. The van der Waals surface area contributed by atoms with Crippen LogP contribution >= 0.6 is 0 Å². The second-order valence-electron chi connectivity index (χ2n) is 37.6. The number of likely N-dealkylation sites (N-methyl/N-ethyl adjacent to an activating group) is 1. The number of amides is 3. The fraction of sp³-hybridized carbons (Fsp3) is 0.476. The van der Waals surface area contributed by atoms with Gasteiger partial charge in [-0.1, -0.05) is 106 Å². The fourth-order valence-corrected chi connectivity index (χ4v) is 22.2. The molecule has 12 heterocycles. The van der Waals surface area contributed by atoms with Crippen LogP contribution in [-0.4, -0.2) is 270 Å². The van der Waals surface area contributed by atoms with Crippen LogP contribution in [-0.2, 0) is 69.2 Å². The SMILES string of the molecule is C=C(F)C(=O)N1CCN(c2nc(OCC3CN(CC)CCO3)nc3c2CCN(c2cc(CC(C)N4CCOC(COc5nc6c(c(N7CCN(C(=O)C(=C)F)[C@@H](CC#N)C7)n5)CCN(c5ccc(C7CC(COc8nc9c(c(N%10CCN(C(=O)C(=C)F)[C@@H](CC#N)C%10)n8)CCN(c8cccc%10cccc(C)c8%10)C9)N7C(C)C)c7cccc(C)c57)C6)C4)cc4cccc(C)c24)C3)C[C@@H]1CC#N. The number of hydrogen-bond donors (Lipinski definition) is 0. The number of rotatable bonds is 27. The normalized spacial score (nSPS) is 21.5. The molecular formula is C103H118F3N21O8. The van der Waals surface area contributed by atoms with Crippen molar-refractivity contribution in [3.63, 3.8) is 0 Å². The van der Waals surface area contributed by atoms with Crippen LogP contribution in [0.25, 0.3) is 32.3 Å². The molecule has 6 fully saturated rings. The fourth-order valence-electron chi connectivity index (χ4n) is 22.2. The van der Waals surface area contributed by atoms with Crippen molar-refractivity contribution in [2.45, 2.75) is 174 Å². The van der Waals surface area contributed by atoms with Crippen LogP contribution in [0.15, 0.2) is 134 Å². The summed E-state index contributed by atoms with van der Waals surface area (Å²) >= 11 is 0. The maximum Gasteiger partial charge on any atom is 0.318 e. The zero-order valence-electron chi connectivity index (χ0n) is 78.2. The highest BCUT2D eigenvalue weighted by Crippen LogP contribution is 2.48. The minimum absolute atomic E-state index is 0.00383. The van der Waals surface area contributed by atoms with E-state index in [-0.39, 0.29) is 126 Å². The Morgan fingerprint density at radius 1 is 0.474 bits per heavy atom. The Kier molecular flexibility index (Phi) is 27.5. The first kappa shape index (κ1) is 92.7. The molecule has 32 heteroatoms. The molecule has 8 atom stereocenters. The van der Waals surface area contributed by atoms with Crippen LogP contribution in [0.1, 0.15) is 121 Å². The van der Waals surface area contributed by atoms with Gasteiger partial charge in [0.2, 0.25) is 0 Å². The molecule has 9 aliphatic heterocycles. The van der Waals surface area contributed by atoms with E-state index in [1.54, 1.807) is 0 Å². The Labute approximate surface area is 786 Å². The van der Waals surface area contributed by atoms with Crippen LogP contribution in [0.2, 0.25) is 0 Å². The molecule has 0 spiro atoms. The van der Waals surface area contributed by atoms with Crippen LogP contribution < -0.4 is 43.6 Å². The van der Waals surface area contributed by atoms with Crippen LogP contribution in [0.4, 0.5) is 47.7 Å². The number of hydrogen-bond acceptors (Lipinski definition) is 26. The average molecular weight is 1840 g/mol. The van der Waals surface area contributed by atoms with E-state index in [2.05, 4.69) is 228 Å². The summed E-state index contributed by atoms with van der Waals surface area (Å²) in [6, 6.07) is 40.6. The summed E-state index contributed by atoms with van der Waals surface area (Å²) in [5.74, 6) is -3.62. The smallest absolute Gasteiger partial charge is 0.318 e. The Balaban J connectivity index is 0.584. The second kappa shape index (κ2) is 40.0. The highest BCUT2D eigenvalue weighted by molar-refractivity contribution is 6.01. The Hall–Kier alpha value is -12.8. The van der Waals surface area contributed by atoms with Gasteiger partial charge in [-0.3, -0.25) is 29.1 Å². The third-order valence-electron chi connectivity index (χ3n) is 28.9. The van der Waals surface area contributed by atoms with Crippen LogP contribution in [0.3, 0.4) is 0 Å². The van der Waals surface area contributed by atoms with E-state index in [9.17, 15) is 43.3 Å². The summed E-state index contributed by atoms with van der Waals surface area (Å²) in [6.07, 6.45) is 2.75. The highest BCUT2D eigenvalue weighted by Gasteiger charge is 2.45. The second-order valence-corrected chi connectivity index (χ2v) is 37.6. The number of piperazine rings is 3. The molecular weight excluding hydrogens is 1720 g/mol. The minimum Gasteiger partial charge on any atom is -0.462 e. The lowest BCUT2D eigenvalue weighted by Crippen LogP contribution is -2.56. The lowest BCUT2D eigenvalue weighted by atomic mass is 9.83. The predicted molar refractivity (Wildman–Crippen MR) is 512 cm³/mol. The van der Waals surface area contributed by atoms with Gasteiger partial charge in [0.15, 0.2) is 17.5 Å². The van der Waals surface area contributed by atoms with Gasteiger partial charge in [0.25, 0.3) is 17.7 Å². The predicted octanol–water partition coefficient (Wildman–Crippen LogP) is 12.8. The van der Waals surface area contributed by atoms with Crippen molar-refractivity contribution in [2.75, 3.05) is 174 Å². The number of nitriles is 3. The van der Waals surface area contributed by atoms with Crippen molar-refractivity contribution in [1.82, 2.24) is 59.3 Å². The number of aromatic nitrogens is 6. The Morgan fingerprint density at radius 3 is 1.39 bits per heavy atom. The van der Waals surface area contributed by atoms with Gasteiger partial charge >= 0.3 is 18.0 Å². The van der Waals surface area contributed by atoms with Crippen molar-refractivity contribution >= 4 is 84.6 Å². The summed E-state index contributed by atoms with van der Waals surface area (Å²) < 4.78 is 76.6. The van der Waals surface area contributed by atoms with Gasteiger partial charge < -0.3 is 67.8 Å². The first-order valence-electron chi connectivity index (χ1n) is 47.5. The van der Waals surface area contributed by atoms with Crippen molar-refractivity contribution < 1.29 is 51.2 Å². The van der Waals surface area contributed by atoms with Crippen molar-refractivity contribution in [2.24, 2.45) is 0 Å². The molecule has 5 unspecified atom stereocenters. The first-order chi connectivity index (χ1) is 65.4. The average Bonchev–Trinajstić information content (AvgIpc) is 0.760. The molecule has 0 bridgehead atoms. The number of aryl methyl sites for hydroxylation is 3. The molecule has 6 aromatic carbocycles. The van der Waals surface area contributed by atoms with Crippen LogP contribution in [0, 0.1) is 54.8 Å². The van der Waals surface area contributed by atoms with Gasteiger partial charge in [-0.2, -0.15) is 45.7 Å². The maximum atomic E-state index is 14.7. The summed E-state index contributed by atoms with van der Waals surface area (Å²) in [6.45, 7) is 36.3. The first-order valence-corrected chi connectivity index (χ1v) is 47.5. The zero-order valence-corrected chi connectivity index (χ0v) is 78.2. The van der Waals surface area contributed by atoms with E-state index in [1.165, 1.54) is 36.8 Å². The quantitative estimate of drug-likeness (QED) is 0.0432. The topological polar surface area (TPSA) is 285 Å². The van der Waals surface area contributed by atoms with Crippen LogP contribution in [0.5, 0.6) is 18.0 Å². The van der Waals surface area contributed by atoms with Crippen molar-refractivity contribution in [3.8, 4) is 36.2 Å². The molecule has 18 rings (SSSR count). The summed E-state index contributed by atoms with van der Waals surface area (Å²) in [5, 5.41) is 37.0. The molecule has 0 radical (unpaired) electrons. The number of anilines is 6. The molecule has 6 saturated heterocycles. The van der Waals surface area contributed by atoms with Gasteiger partial charge in [0.1, 0.15) is 49.5 Å². The maximum absolute atomic E-state index is 14.7. The van der Waals surface area contributed by atoms with Gasteiger partial charge in [-0.15, -0.1) is 0 Å². The van der Waals surface area contributed by atoms with E-state index in [4.69, 9.17) is 53.6 Å². The molecule has 3 aromatic heterocycles. The number of carbonyl (C=O) groups is 3. The largest absolute Gasteiger partial charge is 0.462 e. The molecule has 9 aromatic rings. The third-order valence-corrected chi connectivity index (χ3v) is 28.9. The zero-order chi connectivity index (χ0) is 94.1. The van der Waals surface area contributed by atoms with Gasteiger partial charge in [-0.25, -0.2) is 13.2 Å². The van der Waals surface area contributed by atoms with Crippen molar-refractivity contribution in [1.29, 1.82) is 15.8 Å². The van der Waals surface area contributed by atoms with E-state index in [0.717, 1.165) is 115 Å². The summed E-state index contributed by atoms with van der Waals surface area (Å²) in [4.78, 5) is 95.8. The molecule has 0 aliphatic carbocycles. The number of likely N-dealkylation sites (tertiary alicyclic amines) is 1. The molecule has 135 heavy (non-hydrogen) atoms. The third kappa shape index (κ3) is 19.1. The molecule has 0 saturated carbocycles. The molecule has 0 N–H and O–H groups in total. The van der Waals surface area contributed by atoms with Gasteiger partial charge in [0, 0.05) is 179 Å². The minimum atomic E-state index is -1.08. The number of ether oxygens (including phenoxy) is 5. The summed E-state index contributed by atoms with van der Waals surface area (Å²) in [5.41, 5.74) is 14.4. The van der Waals surface area contributed by atoms with Gasteiger partial charge in [0.05, 0.1) is 106 Å². The van der Waals surface area contributed by atoms with E-state index in [1.807, 2.05) is 0 Å². The Morgan fingerprint density at radius 2 is 0.911 bits per heavy atom. The van der Waals surface area contributed by atoms with E-state index < -0.39 is 53.3 Å². The lowest BCUT2D eigenvalue weighted by molar-refractivity contribution is -0.132. The van der Waals surface area contributed by atoms with E-state index in [0.29, 0.717) is 135 Å². The number of fused-ring (bicyclic) bond motifs is 6. The van der Waals surface area contributed by atoms with Crippen molar-refractivity contribution in [3.05, 3.63) is 196 Å². The lowest BCUT2D eigenvalue weighted by Gasteiger charge is -2.51. The summed E-state index contributed by atoms with van der Waals surface area (Å²) in [7, 11) is 0. The number of carbonyl (C=O) groups excluding carboxylic acids is 3. The Bertz CT molecular complexity index is 6220. The number of nitrogens with zero attached hydrogens (tertiary/aromatic N) is 21. The van der Waals surface area contributed by atoms with Gasteiger partial charge in [-0.05, 0) is 142 Å². The molecule has 704 valence electrons. The highest BCUT2D eigenvalue weighted by atomic mass is 19.1. The standard InChI is InChI=1S/C103H118F3N21O8/c1-11-116-44-46-131-78(55-116)61-134-102-112-87-59-120(37-31-84(87)97(114-102)123-40-43-126(100(130)70(10)106)76(54-123)28-34-109)91-50-71(49-73-21-13-17-65(5)93(73)91)48-67(7)117-45-47-132-79(56-117)62-135-103-111-86-58-119(36-30-83(86)96(115-103)122-39-42-125(99(129)69(9)105)75(53-122)27-33-108)89-25-24-80(81-22-14-18-66(6)94(81)89)90-51-77(127(90)63(2)3)60-133-101-110-85-57-118(88-23-15-20-72-19-12-16-64(4)92(72)88)35-29-82(85)95(113-101)121-38-41-124(98(128)68(8)104)74(52-121)26-32-107/h12-25,49-50,63,67,74-79,90H,8-11,26-31,35-48,51-62H2,1-7H3/t67?,74-,75-,76-,77?,78?,79?,90?/m0/s1. The number of morpholine rings is 2. The number of benzene rings is 6. The molecule has 9 aliphatic rings. The number of halogens is 3. The molecule has 29 nitrogen and oxygen atoms in total.